The van der Waals surface area contributed by atoms with E-state index in [1.807, 2.05) is 12.1 Å². The lowest BCUT2D eigenvalue weighted by atomic mass is 10.1. The topological polar surface area (TPSA) is 71.2 Å². The summed E-state index contributed by atoms with van der Waals surface area (Å²) in [6, 6.07) is 5.63. The van der Waals surface area contributed by atoms with Gasteiger partial charge in [-0.1, -0.05) is 28.4 Å². The van der Waals surface area contributed by atoms with Gasteiger partial charge in [0.15, 0.2) is 5.69 Å². The van der Waals surface area contributed by atoms with Crippen molar-refractivity contribution >= 4 is 29.2 Å². The normalized spacial score (nSPS) is 15.9. The van der Waals surface area contributed by atoms with E-state index in [2.05, 4.69) is 15.2 Å². The van der Waals surface area contributed by atoms with Crippen LogP contribution in [0.3, 0.4) is 0 Å². The molecule has 0 spiro atoms. The van der Waals surface area contributed by atoms with Gasteiger partial charge in [-0.15, -0.1) is 5.10 Å². The Labute approximate surface area is 130 Å². The largest absolute Gasteiger partial charge is 0.476 e. The van der Waals surface area contributed by atoms with Gasteiger partial charge in [0, 0.05) is 29.7 Å². The van der Waals surface area contributed by atoms with Crippen molar-refractivity contribution in [1.82, 2.24) is 19.9 Å². The Morgan fingerprint density at radius 3 is 2.52 bits per heavy atom. The minimum absolute atomic E-state index is 0.0323. The van der Waals surface area contributed by atoms with Gasteiger partial charge in [-0.25, -0.2) is 9.48 Å². The van der Waals surface area contributed by atoms with Crippen LogP contribution in [0.4, 0.5) is 0 Å². The van der Waals surface area contributed by atoms with Gasteiger partial charge in [0.2, 0.25) is 0 Å². The first-order valence-electron chi connectivity index (χ1n) is 6.34. The van der Waals surface area contributed by atoms with Crippen LogP contribution in [0.1, 0.15) is 22.1 Å². The number of rotatable bonds is 4. The molecule has 1 aliphatic rings. The summed E-state index contributed by atoms with van der Waals surface area (Å²) >= 11 is 11.9. The summed E-state index contributed by atoms with van der Waals surface area (Å²) in [5, 5.41) is 17.5. The van der Waals surface area contributed by atoms with Crippen molar-refractivity contribution < 1.29 is 9.90 Å². The van der Waals surface area contributed by atoms with E-state index in [1.54, 1.807) is 10.7 Å². The fourth-order valence-electron chi connectivity index (χ4n) is 2.35. The number of nitrogens with zero attached hydrogens (tertiary/aromatic N) is 4. The molecule has 1 N–H and O–H groups in total. The minimum atomic E-state index is -1.06. The van der Waals surface area contributed by atoms with Gasteiger partial charge in [-0.2, -0.15) is 0 Å². The SMILES string of the molecule is O=C(O)c1cn(C2CN(Cc3cc(Cl)cc(Cl)c3)C2)nn1. The van der Waals surface area contributed by atoms with Gasteiger partial charge in [0.05, 0.1) is 12.2 Å². The molecular formula is C13H12Cl2N4O2. The van der Waals surface area contributed by atoms with Gasteiger partial charge < -0.3 is 5.11 Å². The van der Waals surface area contributed by atoms with E-state index in [-0.39, 0.29) is 11.7 Å². The third kappa shape index (κ3) is 3.18. The molecule has 0 unspecified atom stereocenters. The Hall–Kier alpha value is -1.63. The molecular weight excluding hydrogens is 315 g/mol. The number of hydrogen-bond donors (Lipinski definition) is 1. The number of halogens is 2. The predicted octanol–water partition coefficient (Wildman–Crippen LogP) is 2.34. The number of hydrogen-bond acceptors (Lipinski definition) is 4. The van der Waals surface area contributed by atoms with Crippen LogP contribution in [0.5, 0.6) is 0 Å². The molecule has 1 fully saturated rings. The monoisotopic (exact) mass is 326 g/mol. The number of aromatic nitrogens is 3. The van der Waals surface area contributed by atoms with E-state index < -0.39 is 5.97 Å². The van der Waals surface area contributed by atoms with Gasteiger partial charge in [-0.05, 0) is 23.8 Å². The van der Waals surface area contributed by atoms with Crippen LogP contribution in [-0.4, -0.2) is 44.1 Å². The standard InChI is InChI=1S/C13H12Cl2N4O2/c14-9-1-8(2-10(15)3-9)4-18-5-11(6-18)19-7-12(13(20)21)16-17-19/h1-3,7,11H,4-6H2,(H,20,21). The molecule has 6 nitrogen and oxygen atoms in total. The molecule has 8 heteroatoms. The third-order valence-electron chi connectivity index (χ3n) is 3.37. The van der Waals surface area contributed by atoms with Gasteiger partial charge in [0.25, 0.3) is 0 Å². The zero-order valence-corrected chi connectivity index (χ0v) is 12.4. The number of carboxylic acid groups (broad SMARTS) is 1. The van der Waals surface area contributed by atoms with Crippen LogP contribution in [0.15, 0.2) is 24.4 Å². The van der Waals surface area contributed by atoms with Crippen molar-refractivity contribution in [3.63, 3.8) is 0 Å². The average molecular weight is 327 g/mol. The lowest BCUT2D eigenvalue weighted by Crippen LogP contribution is -2.47. The maximum atomic E-state index is 10.8. The molecule has 0 amide bonds. The fourth-order valence-corrected chi connectivity index (χ4v) is 2.92. The summed E-state index contributed by atoms with van der Waals surface area (Å²) in [5.74, 6) is -1.06. The fraction of sp³-hybridized carbons (Fsp3) is 0.308. The summed E-state index contributed by atoms with van der Waals surface area (Å²) in [4.78, 5) is 13.0. The van der Waals surface area contributed by atoms with E-state index in [9.17, 15) is 4.79 Å². The second kappa shape index (κ2) is 5.63. The summed E-state index contributed by atoms with van der Waals surface area (Å²) < 4.78 is 1.60. The first-order valence-corrected chi connectivity index (χ1v) is 7.09. The highest BCUT2D eigenvalue weighted by Crippen LogP contribution is 2.25. The zero-order valence-electron chi connectivity index (χ0n) is 10.9. The van der Waals surface area contributed by atoms with Gasteiger partial charge in [0.1, 0.15) is 0 Å². The highest BCUT2D eigenvalue weighted by atomic mass is 35.5. The van der Waals surface area contributed by atoms with E-state index in [0.717, 1.165) is 25.2 Å². The molecule has 1 aromatic heterocycles. The van der Waals surface area contributed by atoms with E-state index in [0.29, 0.717) is 10.0 Å². The molecule has 2 aromatic rings. The molecule has 2 heterocycles. The summed E-state index contributed by atoms with van der Waals surface area (Å²) in [5.41, 5.74) is 1.02. The Balaban J connectivity index is 1.59. The van der Waals surface area contributed by atoms with Crippen molar-refractivity contribution in [1.29, 1.82) is 0 Å². The Morgan fingerprint density at radius 2 is 1.95 bits per heavy atom. The molecule has 0 bridgehead atoms. The van der Waals surface area contributed by atoms with Crippen molar-refractivity contribution in [2.75, 3.05) is 13.1 Å². The molecule has 3 rings (SSSR count). The van der Waals surface area contributed by atoms with Crippen LogP contribution in [0.2, 0.25) is 10.0 Å². The van der Waals surface area contributed by atoms with Crippen LogP contribution >= 0.6 is 23.2 Å². The molecule has 0 atom stereocenters. The van der Waals surface area contributed by atoms with Crippen LogP contribution in [0, 0.1) is 0 Å². The van der Waals surface area contributed by atoms with Crippen LogP contribution in [0.25, 0.3) is 0 Å². The van der Waals surface area contributed by atoms with Crippen LogP contribution in [-0.2, 0) is 6.54 Å². The number of likely N-dealkylation sites (tertiary alicyclic amines) is 1. The first kappa shape index (κ1) is 14.3. The maximum Gasteiger partial charge on any atom is 0.358 e. The van der Waals surface area contributed by atoms with Crippen LogP contribution < -0.4 is 0 Å². The first-order chi connectivity index (χ1) is 10.0. The second-order valence-corrected chi connectivity index (χ2v) is 5.89. The van der Waals surface area contributed by atoms with Gasteiger partial charge >= 0.3 is 5.97 Å². The molecule has 0 radical (unpaired) electrons. The molecule has 21 heavy (non-hydrogen) atoms. The highest BCUT2D eigenvalue weighted by molar-refractivity contribution is 6.34. The Kier molecular flexibility index (Phi) is 3.84. The van der Waals surface area contributed by atoms with E-state index in [4.69, 9.17) is 28.3 Å². The Bertz CT molecular complexity index is 662. The number of carbonyl (C=O) groups is 1. The maximum absolute atomic E-state index is 10.8. The quantitative estimate of drug-likeness (QED) is 0.933. The van der Waals surface area contributed by atoms with E-state index in [1.165, 1.54) is 6.20 Å². The minimum Gasteiger partial charge on any atom is -0.476 e. The smallest absolute Gasteiger partial charge is 0.358 e. The summed E-state index contributed by atoms with van der Waals surface area (Å²) in [6.45, 7) is 2.32. The van der Waals surface area contributed by atoms with Crippen molar-refractivity contribution in [3.05, 3.63) is 45.7 Å². The molecule has 110 valence electrons. The average Bonchev–Trinajstić information content (AvgIpc) is 2.81. The summed E-state index contributed by atoms with van der Waals surface area (Å²) in [7, 11) is 0. The molecule has 1 aromatic carbocycles. The highest BCUT2D eigenvalue weighted by Gasteiger charge is 2.29. The summed E-state index contributed by atoms with van der Waals surface area (Å²) in [6.07, 6.45) is 1.46. The molecule has 0 aliphatic carbocycles. The lowest BCUT2D eigenvalue weighted by molar-refractivity contribution is 0.0690. The Morgan fingerprint density at radius 1 is 1.29 bits per heavy atom. The number of carboxylic acids is 1. The molecule has 1 aliphatic heterocycles. The third-order valence-corrected chi connectivity index (χ3v) is 3.81. The zero-order chi connectivity index (χ0) is 15.0. The number of aromatic carboxylic acids is 1. The molecule has 0 saturated carbocycles. The molecule has 1 saturated heterocycles. The van der Waals surface area contributed by atoms with Crippen molar-refractivity contribution in [2.24, 2.45) is 0 Å². The van der Waals surface area contributed by atoms with Gasteiger partial charge in [-0.3, -0.25) is 4.90 Å². The van der Waals surface area contributed by atoms with Crippen molar-refractivity contribution in [2.45, 2.75) is 12.6 Å². The van der Waals surface area contributed by atoms with Crippen molar-refractivity contribution in [3.8, 4) is 0 Å². The lowest BCUT2D eigenvalue weighted by Gasteiger charge is -2.38. The number of benzene rings is 1. The predicted molar refractivity (Wildman–Crippen MR) is 77.8 cm³/mol. The van der Waals surface area contributed by atoms with E-state index >= 15 is 0 Å². The second-order valence-electron chi connectivity index (χ2n) is 5.01.